The Bertz CT molecular complexity index is 467. The van der Waals surface area contributed by atoms with Gasteiger partial charge in [-0.1, -0.05) is 18.2 Å². The minimum Gasteiger partial charge on any atom is -0.238 e. The third-order valence-corrected chi connectivity index (χ3v) is 3.17. The number of nitrogens with zero attached hydrogens (tertiary/aromatic N) is 2. The van der Waals surface area contributed by atoms with Gasteiger partial charge in [0.15, 0.2) is 5.69 Å². The highest BCUT2D eigenvalue weighted by atomic mass is 32.2. The number of hydrogen-bond donors (Lipinski definition) is 0. The summed E-state index contributed by atoms with van der Waals surface area (Å²) in [5.74, 6) is 0. The van der Waals surface area contributed by atoms with E-state index < -0.39 is 11.0 Å². The average molecular weight is 234 g/mol. The predicted molar refractivity (Wildman–Crippen MR) is 68.2 cm³/mol. The largest absolute Gasteiger partial charge is 0.238 e. The smallest absolute Gasteiger partial charge is 0.187 e. The van der Waals surface area contributed by atoms with Crippen LogP contribution >= 0.6 is 0 Å². The van der Waals surface area contributed by atoms with E-state index in [1.54, 1.807) is 24.4 Å². The summed E-state index contributed by atoms with van der Waals surface area (Å²) in [6.45, 7) is 12.5. The second-order valence-electron chi connectivity index (χ2n) is 4.30. The van der Waals surface area contributed by atoms with Crippen LogP contribution in [0.4, 0.5) is 5.69 Å². The molecular weight excluding hydrogens is 220 g/mol. The van der Waals surface area contributed by atoms with Gasteiger partial charge in [0.25, 0.3) is 0 Å². The first-order valence-electron chi connectivity index (χ1n) is 4.87. The number of hydrogen-bond acceptors (Lipinski definition) is 1. The van der Waals surface area contributed by atoms with Gasteiger partial charge in [-0.15, -0.1) is 0 Å². The lowest BCUT2D eigenvalue weighted by atomic mass is 10.2. The summed E-state index contributed by atoms with van der Waals surface area (Å²) in [5, 5.41) is 0. The zero-order chi connectivity index (χ0) is 12.2. The number of benzene rings is 1. The molecule has 0 heterocycles. The van der Waals surface area contributed by atoms with Crippen LogP contribution in [0.1, 0.15) is 26.3 Å². The molecule has 1 atom stereocenters. The molecule has 0 N–H and O–H groups in total. The van der Waals surface area contributed by atoms with Gasteiger partial charge in [0.1, 0.15) is 11.0 Å². The normalized spacial score (nSPS) is 13.6. The SMILES string of the molecule is [C-]#[N+]c1cccc(/C=N/[S@](=O)C(C)(C)C)c1. The van der Waals surface area contributed by atoms with Gasteiger partial charge in [-0.25, -0.2) is 9.05 Å². The first-order chi connectivity index (χ1) is 7.43. The molecule has 0 unspecified atom stereocenters. The van der Waals surface area contributed by atoms with Gasteiger partial charge in [-0.2, -0.15) is 4.40 Å². The van der Waals surface area contributed by atoms with Crippen LogP contribution in [-0.2, 0) is 11.0 Å². The van der Waals surface area contributed by atoms with Crippen molar-refractivity contribution < 1.29 is 4.21 Å². The lowest BCUT2D eigenvalue weighted by Gasteiger charge is -2.12. The van der Waals surface area contributed by atoms with Crippen molar-refractivity contribution in [3.8, 4) is 0 Å². The minimum absolute atomic E-state index is 0.353. The molecule has 0 saturated carbocycles. The molecule has 0 amide bonds. The molecule has 4 heteroatoms. The lowest BCUT2D eigenvalue weighted by molar-refractivity contribution is 0.651. The standard InChI is InChI=1S/C12H14N2OS/c1-12(2,3)16(15)14-9-10-6-5-7-11(8-10)13-4/h5-9H,1-3H3/b14-9+/t16-/m1/s1. The Morgan fingerprint density at radius 3 is 2.69 bits per heavy atom. The lowest BCUT2D eigenvalue weighted by Crippen LogP contribution is -2.19. The molecule has 0 aliphatic heterocycles. The van der Waals surface area contributed by atoms with Gasteiger partial charge in [-0.05, 0) is 32.4 Å². The Labute approximate surface area is 98.6 Å². The van der Waals surface area contributed by atoms with Gasteiger partial charge in [0, 0.05) is 6.21 Å². The van der Waals surface area contributed by atoms with Crippen molar-refractivity contribution in [2.75, 3.05) is 0 Å². The van der Waals surface area contributed by atoms with E-state index >= 15 is 0 Å². The van der Waals surface area contributed by atoms with E-state index in [9.17, 15) is 4.21 Å². The van der Waals surface area contributed by atoms with Crippen LogP contribution in [0.3, 0.4) is 0 Å². The van der Waals surface area contributed by atoms with E-state index in [2.05, 4.69) is 9.24 Å². The first kappa shape index (κ1) is 12.6. The maximum absolute atomic E-state index is 11.6. The molecule has 84 valence electrons. The highest BCUT2D eigenvalue weighted by molar-refractivity contribution is 7.85. The van der Waals surface area contributed by atoms with Crippen LogP contribution < -0.4 is 0 Å². The predicted octanol–water partition coefficient (Wildman–Crippen LogP) is 3.12. The van der Waals surface area contributed by atoms with E-state index in [1.165, 1.54) is 0 Å². The summed E-state index contributed by atoms with van der Waals surface area (Å²) >= 11 is 0. The van der Waals surface area contributed by atoms with E-state index in [1.807, 2.05) is 26.8 Å². The summed E-state index contributed by atoms with van der Waals surface area (Å²) in [5.41, 5.74) is 1.36. The van der Waals surface area contributed by atoms with Crippen LogP contribution in [0.25, 0.3) is 4.85 Å². The molecule has 1 aromatic rings. The highest BCUT2D eigenvalue weighted by Gasteiger charge is 2.17. The van der Waals surface area contributed by atoms with E-state index in [4.69, 9.17) is 6.57 Å². The molecule has 1 rings (SSSR count). The van der Waals surface area contributed by atoms with Crippen LogP contribution in [0.2, 0.25) is 0 Å². The highest BCUT2D eigenvalue weighted by Crippen LogP contribution is 2.14. The van der Waals surface area contributed by atoms with Crippen LogP contribution in [0.5, 0.6) is 0 Å². The van der Waals surface area contributed by atoms with Gasteiger partial charge >= 0.3 is 0 Å². The fourth-order valence-corrected chi connectivity index (χ4v) is 1.48. The zero-order valence-corrected chi connectivity index (χ0v) is 10.4. The van der Waals surface area contributed by atoms with Gasteiger partial charge < -0.3 is 0 Å². The molecule has 3 nitrogen and oxygen atoms in total. The summed E-state index contributed by atoms with van der Waals surface area (Å²) in [4.78, 5) is 3.32. The van der Waals surface area contributed by atoms with Crippen LogP contribution in [-0.4, -0.2) is 15.2 Å². The van der Waals surface area contributed by atoms with E-state index in [-0.39, 0.29) is 4.75 Å². The quantitative estimate of drug-likeness (QED) is 0.572. The zero-order valence-electron chi connectivity index (χ0n) is 9.60. The fourth-order valence-electron chi connectivity index (χ4n) is 0.941. The summed E-state index contributed by atoms with van der Waals surface area (Å²) in [7, 11) is -1.25. The molecule has 0 aromatic heterocycles. The van der Waals surface area contributed by atoms with Crippen molar-refractivity contribution in [3.63, 3.8) is 0 Å². The van der Waals surface area contributed by atoms with Crippen molar-refractivity contribution in [1.82, 2.24) is 0 Å². The molecule has 0 aliphatic carbocycles. The maximum atomic E-state index is 11.6. The van der Waals surface area contributed by atoms with Crippen molar-refractivity contribution in [2.45, 2.75) is 25.5 Å². The Morgan fingerprint density at radius 1 is 1.44 bits per heavy atom. The van der Waals surface area contributed by atoms with Gasteiger partial charge in [-0.3, -0.25) is 0 Å². The summed E-state index contributed by atoms with van der Waals surface area (Å²) in [6.07, 6.45) is 1.55. The van der Waals surface area contributed by atoms with E-state index in [0.717, 1.165) is 5.56 Å². The Hall–Kier alpha value is -1.47. The second-order valence-corrected chi connectivity index (χ2v) is 6.24. The van der Waals surface area contributed by atoms with Crippen molar-refractivity contribution in [3.05, 3.63) is 41.2 Å². The topological polar surface area (TPSA) is 33.8 Å². The summed E-state index contributed by atoms with van der Waals surface area (Å²) < 4.78 is 15.3. The number of rotatable bonds is 2. The molecule has 0 aliphatic rings. The molecular formula is C12H14N2OS. The molecule has 0 saturated heterocycles. The minimum atomic E-state index is -1.25. The Balaban J connectivity index is 2.85. The fraction of sp³-hybridized carbons (Fsp3) is 0.333. The van der Waals surface area contributed by atoms with Crippen LogP contribution in [0, 0.1) is 6.57 Å². The molecule has 1 aromatic carbocycles. The maximum Gasteiger partial charge on any atom is 0.187 e. The summed E-state index contributed by atoms with van der Waals surface area (Å²) in [6, 6.07) is 7.06. The Morgan fingerprint density at radius 2 is 2.12 bits per heavy atom. The first-order valence-corrected chi connectivity index (χ1v) is 5.98. The van der Waals surface area contributed by atoms with Gasteiger partial charge in [0.05, 0.1) is 11.3 Å². The van der Waals surface area contributed by atoms with Crippen molar-refractivity contribution in [1.29, 1.82) is 0 Å². The monoisotopic (exact) mass is 234 g/mol. The van der Waals surface area contributed by atoms with Crippen LogP contribution in [0.15, 0.2) is 28.7 Å². The second kappa shape index (κ2) is 5.04. The average Bonchev–Trinajstić information content (AvgIpc) is 2.25. The van der Waals surface area contributed by atoms with E-state index in [0.29, 0.717) is 5.69 Å². The molecule has 0 radical (unpaired) electrons. The Kier molecular flexibility index (Phi) is 3.97. The third kappa shape index (κ3) is 3.59. The third-order valence-electron chi connectivity index (χ3n) is 1.82. The van der Waals surface area contributed by atoms with Gasteiger partial charge in [0.2, 0.25) is 0 Å². The molecule has 0 bridgehead atoms. The molecule has 0 fully saturated rings. The molecule has 0 spiro atoms. The van der Waals surface area contributed by atoms with Crippen molar-refractivity contribution >= 4 is 22.9 Å². The van der Waals surface area contributed by atoms with Crippen molar-refractivity contribution in [2.24, 2.45) is 4.40 Å². The molecule has 16 heavy (non-hydrogen) atoms.